The fourth-order valence-corrected chi connectivity index (χ4v) is 3.57. The van der Waals surface area contributed by atoms with Crippen molar-refractivity contribution < 1.29 is 27.8 Å². The Labute approximate surface area is 151 Å². The molecule has 8 heteroatoms. The van der Waals surface area contributed by atoms with Crippen molar-refractivity contribution in [3.05, 3.63) is 48.0 Å². The van der Waals surface area contributed by atoms with E-state index in [0.29, 0.717) is 30.4 Å². The van der Waals surface area contributed by atoms with Crippen LogP contribution in [0.3, 0.4) is 0 Å². The molecule has 1 heterocycles. The van der Waals surface area contributed by atoms with E-state index >= 15 is 0 Å². The van der Waals surface area contributed by atoms with Gasteiger partial charge >= 0.3 is 0 Å². The molecule has 0 unspecified atom stereocenters. The quantitative estimate of drug-likeness (QED) is 0.816. The molecule has 0 saturated heterocycles. The highest BCUT2D eigenvalue weighted by atomic mass is 32.2. The van der Waals surface area contributed by atoms with Crippen molar-refractivity contribution in [1.82, 2.24) is 0 Å². The van der Waals surface area contributed by atoms with Gasteiger partial charge in [-0.1, -0.05) is 12.1 Å². The third-order valence-corrected chi connectivity index (χ3v) is 5.25. The van der Waals surface area contributed by atoms with Gasteiger partial charge in [-0.3, -0.25) is 4.72 Å². The Morgan fingerprint density at radius 2 is 1.73 bits per heavy atom. The number of hydrogen-bond acceptors (Lipinski definition) is 6. The second-order valence-electron chi connectivity index (χ2n) is 5.83. The molecule has 0 spiro atoms. The van der Waals surface area contributed by atoms with Crippen molar-refractivity contribution in [2.75, 3.05) is 17.9 Å². The van der Waals surface area contributed by atoms with E-state index < -0.39 is 16.0 Å². The SMILES string of the molecule is O=C([O-])CCc1ccc(S(=O)(=O)Nc2ccc3c(c2)OCCCO3)cc1. The second-order valence-corrected chi connectivity index (χ2v) is 7.52. The predicted octanol–water partition coefficient (Wildman–Crippen LogP) is 1.33. The summed E-state index contributed by atoms with van der Waals surface area (Å²) in [6, 6.07) is 10.9. The number of ether oxygens (including phenoxy) is 2. The Kier molecular flexibility index (Phi) is 5.32. The van der Waals surface area contributed by atoms with Crippen LogP contribution in [0.4, 0.5) is 5.69 Å². The maximum Gasteiger partial charge on any atom is 0.261 e. The molecule has 0 saturated carbocycles. The smallest absolute Gasteiger partial charge is 0.261 e. The van der Waals surface area contributed by atoms with Crippen LogP contribution in [0.5, 0.6) is 11.5 Å². The Morgan fingerprint density at radius 3 is 2.42 bits per heavy atom. The zero-order chi connectivity index (χ0) is 18.6. The van der Waals surface area contributed by atoms with E-state index in [2.05, 4.69) is 4.72 Å². The summed E-state index contributed by atoms with van der Waals surface area (Å²) in [4.78, 5) is 10.6. The average Bonchev–Trinajstić information content (AvgIpc) is 2.85. The van der Waals surface area contributed by atoms with Crippen LogP contribution in [-0.4, -0.2) is 27.6 Å². The summed E-state index contributed by atoms with van der Waals surface area (Å²) in [6.45, 7) is 1.07. The molecule has 0 amide bonds. The first-order chi connectivity index (χ1) is 12.4. The van der Waals surface area contributed by atoms with Crippen LogP contribution in [0.25, 0.3) is 0 Å². The molecule has 0 fully saturated rings. The van der Waals surface area contributed by atoms with Gasteiger partial charge in [-0.05, 0) is 42.7 Å². The van der Waals surface area contributed by atoms with Crippen LogP contribution < -0.4 is 19.3 Å². The molecule has 3 rings (SSSR count). The van der Waals surface area contributed by atoms with E-state index in [0.717, 1.165) is 12.0 Å². The van der Waals surface area contributed by atoms with Crippen molar-refractivity contribution in [2.24, 2.45) is 0 Å². The van der Waals surface area contributed by atoms with Crippen LogP contribution in [0.1, 0.15) is 18.4 Å². The van der Waals surface area contributed by atoms with Gasteiger partial charge in [0.25, 0.3) is 10.0 Å². The van der Waals surface area contributed by atoms with Gasteiger partial charge in [-0.15, -0.1) is 0 Å². The van der Waals surface area contributed by atoms with Crippen LogP contribution in [0.2, 0.25) is 0 Å². The van der Waals surface area contributed by atoms with E-state index in [1.807, 2.05) is 0 Å². The second kappa shape index (κ2) is 7.65. The minimum Gasteiger partial charge on any atom is -0.550 e. The minimum absolute atomic E-state index is 0.0850. The molecule has 0 radical (unpaired) electrons. The molecule has 0 atom stereocenters. The Bertz CT molecular complexity index is 892. The zero-order valence-corrected chi connectivity index (χ0v) is 14.8. The first-order valence-electron chi connectivity index (χ1n) is 8.15. The summed E-state index contributed by atoms with van der Waals surface area (Å²) in [5, 5.41) is 10.5. The van der Waals surface area contributed by atoms with Crippen LogP contribution in [0.15, 0.2) is 47.4 Å². The van der Waals surface area contributed by atoms with Crippen LogP contribution in [0, 0.1) is 0 Å². The lowest BCUT2D eigenvalue weighted by Crippen LogP contribution is -2.22. The standard InChI is InChI=1S/C18H19NO6S/c20-18(21)9-4-13-2-6-15(7-3-13)26(22,23)19-14-5-8-16-17(12-14)25-11-1-10-24-16/h2-3,5-8,12,19H,1,4,9-11H2,(H,20,21)/p-1. The molecule has 1 aliphatic heterocycles. The van der Waals surface area contributed by atoms with E-state index in [1.165, 1.54) is 12.1 Å². The maximum atomic E-state index is 12.5. The number of carboxylic acid groups (broad SMARTS) is 1. The van der Waals surface area contributed by atoms with Crippen molar-refractivity contribution >= 4 is 21.7 Å². The molecule has 2 aromatic carbocycles. The molecule has 138 valence electrons. The number of anilines is 1. The number of fused-ring (bicyclic) bond motifs is 1. The fourth-order valence-electron chi connectivity index (χ4n) is 2.52. The van der Waals surface area contributed by atoms with E-state index in [4.69, 9.17) is 9.47 Å². The van der Waals surface area contributed by atoms with Gasteiger partial charge in [0, 0.05) is 18.5 Å². The number of carbonyl (C=O) groups is 1. The topological polar surface area (TPSA) is 105 Å². The van der Waals surface area contributed by atoms with E-state index in [-0.39, 0.29) is 17.7 Å². The third kappa shape index (κ3) is 4.45. The summed E-state index contributed by atoms with van der Waals surface area (Å²) in [6.07, 6.45) is 0.944. The number of benzene rings is 2. The Balaban J connectivity index is 1.74. The van der Waals surface area contributed by atoms with Gasteiger partial charge in [0.05, 0.1) is 23.8 Å². The molecule has 0 aliphatic carbocycles. The first-order valence-corrected chi connectivity index (χ1v) is 9.64. The number of hydrogen-bond donors (Lipinski definition) is 1. The number of carboxylic acids is 1. The highest BCUT2D eigenvalue weighted by Crippen LogP contribution is 2.33. The molecule has 7 nitrogen and oxygen atoms in total. The summed E-state index contributed by atoms with van der Waals surface area (Å²) in [5.74, 6) is -0.0548. The molecule has 0 bridgehead atoms. The molecule has 1 aliphatic rings. The lowest BCUT2D eigenvalue weighted by atomic mass is 10.1. The van der Waals surface area contributed by atoms with Crippen LogP contribution >= 0.6 is 0 Å². The molecule has 1 N–H and O–H groups in total. The summed E-state index contributed by atoms with van der Waals surface area (Å²) in [7, 11) is -3.77. The summed E-state index contributed by atoms with van der Waals surface area (Å²) >= 11 is 0. The lowest BCUT2D eigenvalue weighted by molar-refractivity contribution is -0.305. The lowest BCUT2D eigenvalue weighted by Gasteiger charge is -2.12. The molecular formula is C18H18NO6S-. The van der Waals surface area contributed by atoms with E-state index in [9.17, 15) is 18.3 Å². The Morgan fingerprint density at radius 1 is 1.04 bits per heavy atom. The number of rotatable bonds is 6. The number of nitrogens with one attached hydrogen (secondary N) is 1. The number of aryl methyl sites for hydroxylation is 1. The monoisotopic (exact) mass is 376 g/mol. The van der Waals surface area contributed by atoms with Crippen LogP contribution in [-0.2, 0) is 21.2 Å². The molecular weight excluding hydrogens is 358 g/mol. The zero-order valence-electron chi connectivity index (χ0n) is 13.9. The van der Waals surface area contributed by atoms with Gasteiger partial charge in [0.15, 0.2) is 11.5 Å². The van der Waals surface area contributed by atoms with Crippen molar-refractivity contribution in [2.45, 2.75) is 24.2 Å². The predicted molar refractivity (Wildman–Crippen MR) is 92.6 cm³/mol. The van der Waals surface area contributed by atoms with Gasteiger partial charge in [0.1, 0.15) is 0 Å². The highest BCUT2D eigenvalue weighted by Gasteiger charge is 2.16. The van der Waals surface area contributed by atoms with Gasteiger partial charge < -0.3 is 19.4 Å². The van der Waals surface area contributed by atoms with Gasteiger partial charge in [0.2, 0.25) is 0 Å². The minimum atomic E-state index is -3.77. The van der Waals surface area contributed by atoms with Crippen molar-refractivity contribution in [3.63, 3.8) is 0 Å². The van der Waals surface area contributed by atoms with Crippen molar-refractivity contribution in [3.8, 4) is 11.5 Å². The van der Waals surface area contributed by atoms with Gasteiger partial charge in [-0.25, -0.2) is 8.42 Å². The Hall–Kier alpha value is -2.74. The normalized spacial score (nSPS) is 13.7. The van der Waals surface area contributed by atoms with Gasteiger partial charge in [-0.2, -0.15) is 0 Å². The fraction of sp³-hybridized carbons (Fsp3) is 0.278. The highest BCUT2D eigenvalue weighted by molar-refractivity contribution is 7.92. The number of sulfonamides is 1. The molecule has 26 heavy (non-hydrogen) atoms. The molecule has 0 aromatic heterocycles. The first kappa shape index (κ1) is 18.1. The third-order valence-electron chi connectivity index (χ3n) is 3.85. The molecule has 2 aromatic rings. The van der Waals surface area contributed by atoms with E-state index in [1.54, 1.807) is 30.3 Å². The van der Waals surface area contributed by atoms with Crippen molar-refractivity contribution in [1.29, 1.82) is 0 Å². The number of carbonyl (C=O) groups excluding carboxylic acids is 1. The summed E-state index contributed by atoms with van der Waals surface area (Å²) < 4.78 is 38.6. The summed E-state index contributed by atoms with van der Waals surface area (Å²) in [5.41, 5.74) is 1.10. The average molecular weight is 376 g/mol. The number of aliphatic carboxylic acids is 1. The largest absolute Gasteiger partial charge is 0.550 e. The maximum absolute atomic E-state index is 12.5.